The number of likely N-dealkylation sites (tertiary alicyclic amines) is 1. The lowest BCUT2D eigenvalue weighted by Crippen LogP contribution is -2.55. The first kappa shape index (κ1) is 17.9. The van der Waals surface area contributed by atoms with Crippen molar-refractivity contribution >= 4 is 23.6 Å². The maximum absolute atomic E-state index is 12.5. The first-order chi connectivity index (χ1) is 10.2. The maximum Gasteiger partial charge on any atom is 0.245 e. The van der Waals surface area contributed by atoms with Crippen LogP contribution in [-0.4, -0.2) is 65.1 Å². The van der Waals surface area contributed by atoms with Gasteiger partial charge < -0.3 is 20.9 Å². The standard InChI is InChI=1S/C14H24N4O4/c1-8(16-10(3)19)13(21)18-7-5-6-11(18)14(22)17(4)9(2)12(15)20/h8-9,11H,5-7H2,1-4H3,(H2,15,20)(H,16,19)/t8-,9-,11-/m0/s1. The molecule has 22 heavy (non-hydrogen) atoms. The molecular weight excluding hydrogens is 288 g/mol. The van der Waals surface area contributed by atoms with E-state index in [2.05, 4.69) is 5.32 Å². The summed E-state index contributed by atoms with van der Waals surface area (Å²) >= 11 is 0. The van der Waals surface area contributed by atoms with Crippen molar-refractivity contribution in [1.29, 1.82) is 0 Å². The normalized spacial score (nSPS) is 20.2. The van der Waals surface area contributed by atoms with Crippen LogP contribution >= 0.6 is 0 Å². The van der Waals surface area contributed by atoms with E-state index in [4.69, 9.17) is 5.73 Å². The predicted molar refractivity (Wildman–Crippen MR) is 79.4 cm³/mol. The molecule has 1 rings (SSSR count). The molecule has 0 spiro atoms. The van der Waals surface area contributed by atoms with Gasteiger partial charge in [0.05, 0.1) is 0 Å². The summed E-state index contributed by atoms with van der Waals surface area (Å²) < 4.78 is 0. The number of likely N-dealkylation sites (N-methyl/N-ethyl adjacent to an activating group) is 1. The smallest absolute Gasteiger partial charge is 0.245 e. The van der Waals surface area contributed by atoms with Gasteiger partial charge in [-0.3, -0.25) is 19.2 Å². The fourth-order valence-electron chi connectivity index (χ4n) is 2.52. The van der Waals surface area contributed by atoms with Crippen molar-refractivity contribution in [3.8, 4) is 0 Å². The van der Waals surface area contributed by atoms with Gasteiger partial charge in [-0.05, 0) is 26.7 Å². The topological polar surface area (TPSA) is 113 Å². The fraction of sp³-hybridized carbons (Fsp3) is 0.714. The van der Waals surface area contributed by atoms with Crippen LogP contribution in [0.1, 0.15) is 33.6 Å². The summed E-state index contributed by atoms with van der Waals surface area (Å²) in [6, 6.07) is -2.04. The molecule has 4 amide bonds. The minimum absolute atomic E-state index is 0.300. The molecule has 0 unspecified atom stereocenters. The van der Waals surface area contributed by atoms with Crippen LogP contribution in [0.5, 0.6) is 0 Å². The first-order valence-electron chi connectivity index (χ1n) is 7.30. The molecule has 0 aliphatic carbocycles. The van der Waals surface area contributed by atoms with Crippen molar-refractivity contribution in [2.24, 2.45) is 5.73 Å². The van der Waals surface area contributed by atoms with Gasteiger partial charge in [-0.1, -0.05) is 0 Å². The third kappa shape index (κ3) is 3.96. The lowest BCUT2D eigenvalue weighted by Gasteiger charge is -2.31. The molecule has 124 valence electrons. The van der Waals surface area contributed by atoms with E-state index in [-0.39, 0.29) is 17.7 Å². The van der Waals surface area contributed by atoms with Gasteiger partial charge in [0.15, 0.2) is 0 Å². The zero-order valence-corrected chi connectivity index (χ0v) is 13.5. The Morgan fingerprint density at radius 2 is 1.86 bits per heavy atom. The Bertz CT molecular complexity index is 479. The van der Waals surface area contributed by atoms with Crippen LogP contribution in [0, 0.1) is 0 Å². The van der Waals surface area contributed by atoms with E-state index >= 15 is 0 Å². The van der Waals surface area contributed by atoms with Crippen LogP contribution < -0.4 is 11.1 Å². The Hall–Kier alpha value is -2.12. The molecule has 0 saturated carbocycles. The van der Waals surface area contributed by atoms with E-state index in [0.717, 1.165) is 0 Å². The fourth-order valence-corrected chi connectivity index (χ4v) is 2.52. The zero-order chi connectivity index (χ0) is 17.0. The Balaban J connectivity index is 2.81. The summed E-state index contributed by atoms with van der Waals surface area (Å²) in [6.07, 6.45) is 1.24. The number of hydrogen-bond donors (Lipinski definition) is 2. The largest absolute Gasteiger partial charge is 0.368 e. The van der Waals surface area contributed by atoms with Crippen molar-refractivity contribution in [2.45, 2.75) is 51.7 Å². The second-order valence-corrected chi connectivity index (χ2v) is 5.64. The van der Waals surface area contributed by atoms with Crippen molar-refractivity contribution in [1.82, 2.24) is 15.1 Å². The predicted octanol–water partition coefficient (Wildman–Crippen LogP) is -1.17. The highest BCUT2D eigenvalue weighted by Crippen LogP contribution is 2.20. The van der Waals surface area contributed by atoms with Gasteiger partial charge in [-0.15, -0.1) is 0 Å². The van der Waals surface area contributed by atoms with Crippen molar-refractivity contribution in [2.75, 3.05) is 13.6 Å². The van der Waals surface area contributed by atoms with E-state index in [9.17, 15) is 19.2 Å². The molecule has 0 aromatic rings. The van der Waals surface area contributed by atoms with Crippen LogP contribution in [0.3, 0.4) is 0 Å². The second kappa shape index (κ2) is 7.24. The lowest BCUT2D eigenvalue weighted by molar-refractivity contribution is -0.147. The molecule has 1 aliphatic rings. The highest BCUT2D eigenvalue weighted by Gasteiger charge is 2.38. The van der Waals surface area contributed by atoms with Crippen molar-refractivity contribution in [3.05, 3.63) is 0 Å². The number of nitrogens with two attached hydrogens (primary N) is 1. The van der Waals surface area contributed by atoms with Crippen LogP contribution in [0.15, 0.2) is 0 Å². The second-order valence-electron chi connectivity index (χ2n) is 5.64. The highest BCUT2D eigenvalue weighted by molar-refractivity contribution is 5.93. The van der Waals surface area contributed by atoms with Gasteiger partial charge in [0.1, 0.15) is 18.1 Å². The molecule has 0 bridgehead atoms. The summed E-state index contributed by atoms with van der Waals surface area (Å²) in [4.78, 5) is 49.8. The molecule has 0 radical (unpaired) electrons. The molecule has 1 heterocycles. The molecule has 3 N–H and O–H groups in total. The van der Waals surface area contributed by atoms with Crippen LogP contribution in [-0.2, 0) is 19.2 Å². The number of primary amides is 1. The van der Waals surface area contributed by atoms with E-state index in [1.54, 1.807) is 13.8 Å². The monoisotopic (exact) mass is 312 g/mol. The summed E-state index contributed by atoms with van der Waals surface area (Å²) in [5.41, 5.74) is 5.21. The minimum Gasteiger partial charge on any atom is -0.368 e. The number of nitrogens with zero attached hydrogens (tertiary/aromatic N) is 2. The Labute approximate surface area is 130 Å². The quantitative estimate of drug-likeness (QED) is 0.666. The van der Waals surface area contributed by atoms with Gasteiger partial charge in [0, 0.05) is 20.5 Å². The van der Waals surface area contributed by atoms with Gasteiger partial charge >= 0.3 is 0 Å². The van der Waals surface area contributed by atoms with Crippen molar-refractivity contribution < 1.29 is 19.2 Å². The minimum atomic E-state index is -0.738. The van der Waals surface area contributed by atoms with Gasteiger partial charge in [0.25, 0.3) is 0 Å². The average molecular weight is 312 g/mol. The molecular formula is C14H24N4O4. The molecule has 0 aromatic heterocycles. The Morgan fingerprint density at radius 1 is 1.27 bits per heavy atom. The molecule has 8 heteroatoms. The number of hydrogen-bond acceptors (Lipinski definition) is 4. The summed E-state index contributed by atoms with van der Waals surface area (Å²) in [5.74, 6) is -1.51. The molecule has 1 saturated heterocycles. The van der Waals surface area contributed by atoms with Crippen LogP contribution in [0.25, 0.3) is 0 Å². The van der Waals surface area contributed by atoms with E-state index in [1.165, 1.54) is 23.8 Å². The summed E-state index contributed by atoms with van der Waals surface area (Å²) in [5, 5.41) is 2.52. The molecule has 0 aromatic carbocycles. The number of carbonyl (C=O) groups is 4. The number of rotatable bonds is 5. The third-order valence-electron chi connectivity index (χ3n) is 3.95. The Kier molecular flexibility index (Phi) is 5.90. The molecule has 8 nitrogen and oxygen atoms in total. The number of amides is 4. The molecule has 3 atom stereocenters. The maximum atomic E-state index is 12.5. The SMILES string of the molecule is CC(=O)N[C@@H](C)C(=O)N1CCC[C@H]1C(=O)N(C)[C@@H](C)C(N)=O. The van der Waals surface area contributed by atoms with Crippen LogP contribution in [0.4, 0.5) is 0 Å². The third-order valence-corrected chi connectivity index (χ3v) is 3.95. The van der Waals surface area contributed by atoms with E-state index in [0.29, 0.717) is 19.4 Å². The Morgan fingerprint density at radius 3 is 2.36 bits per heavy atom. The van der Waals surface area contributed by atoms with Gasteiger partial charge in [0.2, 0.25) is 23.6 Å². The summed E-state index contributed by atoms with van der Waals surface area (Å²) in [7, 11) is 1.50. The highest BCUT2D eigenvalue weighted by atomic mass is 16.2. The van der Waals surface area contributed by atoms with E-state index in [1.807, 2.05) is 0 Å². The first-order valence-corrected chi connectivity index (χ1v) is 7.30. The number of nitrogens with one attached hydrogen (secondary N) is 1. The molecule has 1 aliphatic heterocycles. The van der Waals surface area contributed by atoms with Crippen LogP contribution in [0.2, 0.25) is 0 Å². The molecule has 1 fully saturated rings. The number of carbonyl (C=O) groups excluding carboxylic acids is 4. The van der Waals surface area contributed by atoms with Gasteiger partial charge in [-0.2, -0.15) is 0 Å². The lowest BCUT2D eigenvalue weighted by atomic mass is 10.1. The summed E-state index contributed by atoms with van der Waals surface area (Å²) in [6.45, 7) is 4.91. The average Bonchev–Trinajstić information content (AvgIpc) is 2.92. The van der Waals surface area contributed by atoms with E-state index < -0.39 is 24.0 Å². The zero-order valence-electron chi connectivity index (χ0n) is 13.5. The van der Waals surface area contributed by atoms with Gasteiger partial charge in [-0.25, -0.2) is 0 Å². The van der Waals surface area contributed by atoms with Crippen molar-refractivity contribution in [3.63, 3.8) is 0 Å².